The molecule has 0 aliphatic heterocycles. The third kappa shape index (κ3) is 3.71. The summed E-state index contributed by atoms with van der Waals surface area (Å²) in [7, 11) is 1.56. The molecular formula is C17H17ClN4O3. The Kier molecular flexibility index (Phi) is 4.85. The van der Waals surface area contributed by atoms with Crippen molar-refractivity contribution in [3.63, 3.8) is 0 Å². The Morgan fingerprint density at radius 2 is 2.00 bits per heavy atom. The van der Waals surface area contributed by atoms with Crippen LogP contribution in [0.15, 0.2) is 28.9 Å². The minimum Gasteiger partial charge on any atom is -0.480 e. The lowest BCUT2D eigenvalue weighted by atomic mass is 10.1. The molecule has 3 heterocycles. The van der Waals surface area contributed by atoms with E-state index in [0.29, 0.717) is 34.1 Å². The fraction of sp³-hybridized carbons (Fsp3) is 0.294. The second kappa shape index (κ2) is 7.06. The molecule has 25 heavy (non-hydrogen) atoms. The second-order valence-corrected chi connectivity index (χ2v) is 5.88. The van der Waals surface area contributed by atoms with Gasteiger partial charge in [-0.25, -0.2) is 9.97 Å². The van der Waals surface area contributed by atoms with Gasteiger partial charge in [0, 0.05) is 5.69 Å². The van der Waals surface area contributed by atoms with Gasteiger partial charge < -0.3 is 14.0 Å². The van der Waals surface area contributed by atoms with Crippen molar-refractivity contribution in [3.8, 4) is 23.0 Å². The zero-order valence-electron chi connectivity index (χ0n) is 14.3. The van der Waals surface area contributed by atoms with Crippen molar-refractivity contribution >= 4 is 11.6 Å². The molecule has 0 aromatic carbocycles. The standard InChI is InChI=1S/C17H17ClN4O3/c1-9-7-10(2)20-17(23-4)14(9)15-21-16(25-22-15)11(3)24-12-5-6-13(18)19-8-12/h5-8,11H,1-4H3/t11-/m0/s1. The van der Waals surface area contributed by atoms with Crippen molar-refractivity contribution in [2.75, 3.05) is 7.11 Å². The third-order valence-electron chi connectivity index (χ3n) is 3.53. The van der Waals surface area contributed by atoms with E-state index < -0.39 is 6.10 Å². The molecule has 130 valence electrons. The molecule has 0 N–H and O–H groups in total. The molecule has 0 spiro atoms. The van der Waals surface area contributed by atoms with Crippen molar-refractivity contribution in [1.82, 2.24) is 20.1 Å². The van der Waals surface area contributed by atoms with Gasteiger partial charge in [0.15, 0.2) is 6.10 Å². The van der Waals surface area contributed by atoms with Crippen molar-refractivity contribution in [2.24, 2.45) is 0 Å². The summed E-state index contributed by atoms with van der Waals surface area (Å²) in [5.74, 6) is 1.76. The van der Waals surface area contributed by atoms with E-state index in [1.807, 2.05) is 26.8 Å². The van der Waals surface area contributed by atoms with Gasteiger partial charge in [0.2, 0.25) is 11.7 Å². The van der Waals surface area contributed by atoms with Gasteiger partial charge in [-0.2, -0.15) is 4.98 Å². The molecule has 0 bridgehead atoms. The van der Waals surface area contributed by atoms with E-state index in [1.54, 1.807) is 19.2 Å². The summed E-state index contributed by atoms with van der Waals surface area (Å²) in [4.78, 5) is 12.8. The second-order valence-electron chi connectivity index (χ2n) is 5.50. The zero-order valence-corrected chi connectivity index (χ0v) is 15.0. The molecule has 0 aliphatic rings. The Bertz CT molecular complexity index is 880. The maximum Gasteiger partial charge on any atom is 0.267 e. The molecule has 0 unspecified atom stereocenters. The molecule has 0 aliphatic carbocycles. The lowest BCUT2D eigenvalue weighted by Crippen LogP contribution is -2.04. The van der Waals surface area contributed by atoms with Gasteiger partial charge in [0.05, 0.1) is 18.9 Å². The highest BCUT2D eigenvalue weighted by Gasteiger charge is 2.21. The Balaban J connectivity index is 1.86. The normalized spacial score (nSPS) is 12.0. The number of methoxy groups -OCH3 is 1. The Labute approximate surface area is 150 Å². The van der Waals surface area contributed by atoms with E-state index in [4.69, 9.17) is 25.6 Å². The first-order valence-corrected chi connectivity index (χ1v) is 8.00. The number of ether oxygens (including phenoxy) is 2. The molecule has 3 aromatic rings. The average molecular weight is 361 g/mol. The van der Waals surface area contributed by atoms with Crippen LogP contribution in [0.5, 0.6) is 11.6 Å². The Hall–Kier alpha value is -2.67. The number of pyridine rings is 2. The van der Waals surface area contributed by atoms with Gasteiger partial charge in [-0.05, 0) is 44.5 Å². The van der Waals surface area contributed by atoms with Gasteiger partial charge in [-0.15, -0.1) is 0 Å². The fourth-order valence-corrected chi connectivity index (χ4v) is 2.52. The summed E-state index contributed by atoms with van der Waals surface area (Å²) in [5.41, 5.74) is 2.50. The molecule has 0 saturated heterocycles. The average Bonchev–Trinajstić information content (AvgIpc) is 3.05. The SMILES string of the molecule is COc1nc(C)cc(C)c1-c1noc([C@H](C)Oc2ccc(Cl)nc2)n1. The van der Waals surface area contributed by atoms with Gasteiger partial charge in [-0.3, -0.25) is 0 Å². The van der Waals surface area contributed by atoms with Crippen LogP contribution in [0.4, 0.5) is 0 Å². The van der Waals surface area contributed by atoms with Gasteiger partial charge in [0.1, 0.15) is 10.9 Å². The van der Waals surface area contributed by atoms with E-state index in [-0.39, 0.29) is 0 Å². The predicted octanol–water partition coefficient (Wildman–Crippen LogP) is 3.95. The molecule has 8 heteroatoms. The Morgan fingerprint density at radius 3 is 2.68 bits per heavy atom. The van der Waals surface area contributed by atoms with E-state index in [2.05, 4.69) is 20.1 Å². The highest BCUT2D eigenvalue weighted by atomic mass is 35.5. The first-order chi connectivity index (χ1) is 12.0. The van der Waals surface area contributed by atoms with Crippen LogP contribution in [-0.2, 0) is 0 Å². The maximum atomic E-state index is 5.77. The lowest BCUT2D eigenvalue weighted by molar-refractivity contribution is 0.175. The van der Waals surface area contributed by atoms with E-state index in [9.17, 15) is 0 Å². The van der Waals surface area contributed by atoms with Gasteiger partial charge in [0.25, 0.3) is 5.89 Å². The van der Waals surface area contributed by atoms with Crippen molar-refractivity contribution in [2.45, 2.75) is 26.9 Å². The first kappa shape index (κ1) is 17.2. The molecule has 0 fully saturated rings. The van der Waals surface area contributed by atoms with Crippen LogP contribution in [-0.4, -0.2) is 27.2 Å². The van der Waals surface area contributed by atoms with Crippen molar-refractivity contribution < 1.29 is 14.0 Å². The molecule has 1 atom stereocenters. The first-order valence-electron chi connectivity index (χ1n) is 7.62. The summed E-state index contributed by atoms with van der Waals surface area (Å²) in [6.07, 6.45) is 1.08. The molecule has 0 saturated carbocycles. The summed E-state index contributed by atoms with van der Waals surface area (Å²) < 4.78 is 16.4. The largest absolute Gasteiger partial charge is 0.480 e. The number of hydrogen-bond acceptors (Lipinski definition) is 7. The summed E-state index contributed by atoms with van der Waals surface area (Å²) in [6.45, 7) is 5.66. The zero-order chi connectivity index (χ0) is 18.0. The summed E-state index contributed by atoms with van der Waals surface area (Å²) >= 11 is 5.77. The van der Waals surface area contributed by atoms with Gasteiger partial charge in [-0.1, -0.05) is 16.8 Å². The molecule has 0 radical (unpaired) electrons. The van der Waals surface area contributed by atoms with E-state index in [0.717, 1.165) is 11.3 Å². The summed E-state index contributed by atoms with van der Waals surface area (Å²) in [5, 5.41) is 4.44. The van der Waals surface area contributed by atoms with Crippen LogP contribution >= 0.6 is 11.6 Å². The van der Waals surface area contributed by atoms with Crippen LogP contribution in [0, 0.1) is 13.8 Å². The maximum absolute atomic E-state index is 5.77. The van der Waals surface area contributed by atoms with Crippen molar-refractivity contribution in [1.29, 1.82) is 0 Å². The molecule has 3 aromatic heterocycles. The number of aromatic nitrogens is 4. The molecule has 0 amide bonds. The highest BCUT2D eigenvalue weighted by Crippen LogP contribution is 2.31. The fourth-order valence-electron chi connectivity index (χ4n) is 2.41. The van der Waals surface area contributed by atoms with Crippen LogP contribution in [0.25, 0.3) is 11.4 Å². The number of aryl methyl sites for hydroxylation is 2. The lowest BCUT2D eigenvalue weighted by Gasteiger charge is -2.10. The van der Waals surface area contributed by atoms with E-state index >= 15 is 0 Å². The number of halogens is 1. The monoisotopic (exact) mass is 360 g/mol. The van der Waals surface area contributed by atoms with Crippen molar-refractivity contribution in [3.05, 3.63) is 46.7 Å². The molecule has 3 rings (SSSR count). The topological polar surface area (TPSA) is 83.2 Å². The summed E-state index contributed by atoms with van der Waals surface area (Å²) in [6, 6.07) is 5.31. The highest BCUT2D eigenvalue weighted by molar-refractivity contribution is 6.29. The minimum absolute atomic E-state index is 0.340. The smallest absolute Gasteiger partial charge is 0.267 e. The van der Waals surface area contributed by atoms with Crippen LogP contribution in [0.3, 0.4) is 0 Å². The number of rotatable bonds is 5. The number of nitrogens with zero attached hydrogens (tertiary/aromatic N) is 4. The third-order valence-corrected chi connectivity index (χ3v) is 3.75. The molecule has 7 nitrogen and oxygen atoms in total. The number of hydrogen-bond donors (Lipinski definition) is 0. The molecular weight excluding hydrogens is 344 g/mol. The Morgan fingerprint density at radius 1 is 1.20 bits per heavy atom. The van der Waals surface area contributed by atoms with Gasteiger partial charge >= 0.3 is 0 Å². The minimum atomic E-state index is -0.450. The van der Waals surface area contributed by atoms with Crippen LogP contribution in [0.1, 0.15) is 30.2 Å². The van der Waals surface area contributed by atoms with Crippen LogP contribution < -0.4 is 9.47 Å². The quantitative estimate of drug-likeness (QED) is 0.637. The van der Waals surface area contributed by atoms with E-state index in [1.165, 1.54) is 6.20 Å². The predicted molar refractivity (Wildman–Crippen MR) is 91.8 cm³/mol. The van der Waals surface area contributed by atoms with Crippen LogP contribution in [0.2, 0.25) is 5.15 Å².